The highest BCUT2D eigenvalue weighted by Gasteiger charge is 2.26. The summed E-state index contributed by atoms with van der Waals surface area (Å²) in [4.78, 5) is 26.2. The van der Waals surface area contributed by atoms with Crippen LogP contribution in [0.5, 0.6) is 5.75 Å². The van der Waals surface area contributed by atoms with Crippen molar-refractivity contribution < 1.29 is 17.9 Å². The number of nitrogens with one attached hydrogen (secondary N) is 1. The molecule has 1 heterocycles. The maximum absolute atomic E-state index is 13.3. The predicted octanol–water partition coefficient (Wildman–Crippen LogP) is 2.47. The van der Waals surface area contributed by atoms with Crippen LogP contribution in [0.25, 0.3) is 0 Å². The normalized spacial score (nSPS) is 11.8. The zero-order chi connectivity index (χ0) is 25.5. The number of sulfonamides is 1. The van der Waals surface area contributed by atoms with Crippen molar-refractivity contribution in [2.75, 3.05) is 46.2 Å². The summed E-state index contributed by atoms with van der Waals surface area (Å²) in [5, 5.41) is 10.2. The van der Waals surface area contributed by atoms with Crippen LogP contribution < -0.4 is 10.1 Å². The number of ether oxygens (including phenoxy) is 1. The van der Waals surface area contributed by atoms with Crippen LogP contribution in [0.1, 0.15) is 42.0 Å². The molecule has 12 heteroatoms. The number of aryl methyl sites for hydroxylation is 2. The van der Waals surface area contributed by atoms with Crippen LogP contribution in [0.4, 0.5) is 5.69 Å². The van der Waals surface area contributed by atoms with E-state index in [4.69, 9.17) is 4.74 Å². The second-order valence-electron chi connectivity index (χ2n) is 8.10. The summed E-state index contributed by atoms with van der Waals surface area (Å²) in [5.74, 6) is -0.306. The van der Waals surface area contributed by atoms with Gasteiger partial charge in [0, 0.05) is 27.2 Å². The van der Waals surface area contributed by atoms with Crippen molar-refractivity contribution in [2.24, 2.45) is 12.2 Å². The molecule has 1 amide bonds. The van der Waals surface area contributed by atoms with Gasteiger partial charge in [0.25, 0.3) is 5.91 Å². The van der Waals surface area contributed by atoms with Crippen molar-refractivity contribution >= 4 is 21.6 Å². The Morgan fingerprint density at radius 1 is 1.21 bits per heavy atom. The molecule has 0 radical (unpaired) electrons. The lowest BCUT2D eigenvalue weighted by atomic mass is 10.1. The first-order chi connectivity index (χ1) is 16.1. The third kappa shape index (κ3) is 6.39. The molecule has 1 N–H and O–H groups in total. The quantitative estimate of drug-likeness (QED) is 0.424. The smallest absolute Gasteiger partial charge is 0.259 e. The third-order valence-electron chi connectivity index (χ3n) is 5.24. The Kier molecular flexibility index (Phi) is 9.71. The molecule has 188 valence electrons. The lowest BCUT2D eigenvalue weighted by molar-refractivity contribution is 0.102. The van der Waals surface area contributed by atoms with Gasteiger partial charge in [0.1, 0.15) is 12.3 Å². The number of amides is 1. The fraction of sp³-hybridized carbons (Fsp3) is 0.545. The van der Waals surface area contributed by atoms with Crippen molar-refractivity contribution in [3.63, 3.8) is 0 Å². The third-order valence-corrected chi connectivity index (χ3v) is 7.10. The highest BCUT2D eigenvalue weighted by molar-refractivity contribution is 7.89. The van der Waals surface area contributed by atoms with Crippen molar-refractivity contribution in [1.29, 1.82) is 0 Å². The molecule has 2 rings (SSSR count). The average molecular weight is 495 g/mol. The summed E-state index contributed by atoms with van der Waals surface area (Å²) in [6.45, 7) is 4.73. The number of carbonyl (C=O) groups is 1. The molecule has 2 aromatic rings. The molecule has 0 atom stereocenters. The maximum atomic E-state index is 13.3. The first-order valence-corrected chi connectivity index (χ1v) is 12.5. The zero-order valence-corrected chi connectivity index (χ0v) is 21.5. The molecule has 34 heavy (non-hydrogen) atoms. The number of likely N-dealkylation sites (N-methyl/N-ethyl adjacent to an activating group) is 2. The van der Waals surface area contributed by atoms with E-state index in [1.54, 1.807) is 14.0 Å². The molecule has 0 saturated carbocycles. The lowest BCUT2D eigenvalue weighted by Gasteiger charge is -2.20. The van der Waals surface area contributed by atoms with Crippen LogP contribution in [0.3, 0.4) is 0 Å². The maximum Gasteiger partial charge on any atom is 0.259 e. The molecular formula is C22H34N6O5S. The number of hydrogen-bond acceptors (Lipinski definition) is 8. The van der Waals surface area contributed by atoms with Crippen LogP contribution >= 0.6 is 0 Å². The summed E-state index contributed by atoms with van der Waals surface area (Å²) < 4.78 is 34.6. The molecule has 0 aliphatic rings. The van der Waals surface area contributed by atoms with Crippen molar-refractivity contribution in [3.8, 4) is 5.75 Å². The van der Waals surface area contributed by atoms with Gasteiger partial charge >= 0.3 is 0 Å². The van der Waals surface area contributed by atoms with Gasteiger partial charge in [0.05, 0.1) is 34.1 Å². The van der Waals surface area contributed by atoms with Crippen LogP contribution in [0.2, 0.25) is 0 Å². The molecule has 1 aromatic carbocycles. The Labute approximate surface area is 201 Å². The number of nitroso groups, excluding NO2 is 1. The average Bonchev–Trinajstić information content (AvgIpc) is 3.06. The van der Waals surface area contributed by atoms with E-state index in [1.807, 2.05) is 25.9 Å². The van der Waals surface area contributed by atoms with E-state index in [0.29, 0.717) is 43.2 Å². The number of nitrogens with zero attached hydrogens (tertiary/aromatic N) is 5. The zero-order valence-electron chi connectivity index (χ0n) is 20.7. The van der Waals surface area contributed by atoms with E-state index in [-0.39, 0.29) is 22.8 Å². The predicted molar refractivity (Wildman–Crippen MR) is 131 cm³/mol. The molecule has 0 bridgehead atoms. The molecule has 0 aliphatic carbocycles. The Hall–Kier alpha value is -2.83. The van der Waals surface area contributed by atoms with E-state index in [2.05, 4.69) is 15.6 Å². The van der Waals surface area contributed by atoms with E-state index in [9.17, 15) is 18.1 Å². The lowest BCUT2D eigenvalue weighted by Crippen LogP contribution is -2.33. The minimum atomic E-state index is -3.83. The first-order valence-electron chi connectivity index (χ1n) is 11.1. The monoisotopic (exact) mass is 494 g/mol. The first kappa shape index (κ1) is 27.4. The molecule has 0 saturated heterocycles. The standard InChI is InChI=1S/C22H34N6O5S/c1-7-9-18-21(19(15-23-30)28(6)25-18)24-22(29)17-14-16(10-11-20(17)33-8-2)34(31,32)27(5)13-12-26(3)4/h10-11,14H,7-9,12-13,15H2,1-6H3,(H,24,29). The van der Waals surface area contributed by atoms with Gasteiger partial charge in [0.15, 0.2) is 0 Å². The van der Waals surface area contributed by atoms with Crippen molar-refractivity contribution in [1.82, 2.24) is 19.0 Å². The highest BCUT2D eigenvalue weighted by Crippen LogP contribution is 2.28. The molecule has 0 unspecified atom stereocenters. The number of anilines is 1. The van der Waals surface area contributed by atoms with Gasteiger partial charge in [0.2, 0.25) is 10.0 Å². The topological polar surface area (TPSA) is 126 Å². The fourth-order valence-corrected chi connectivity index (χ4v) is 4.56. The molecule has 0 spiro atoms. The van der Waals surface area contributed by atoms with Gasteiger partial charge in [-0.15, -0.1) is 0 Å². The summed E-state index contributed by atoms with van der Waals surface area (Å²) in [7, 11) is 3.07. The highest BCUT2D eigenvalue weighted by atomic mass is 32.2. The Bertz CT molecular complexity index is 1110. The molecule has 1 aromatic heterocycles. The minimum absolute atomic E-state index is 0.0166. The van der Waals surface area contributed by atoms with Crippen LogP contribution in [0, 0.1) is 4.91 Å². The van der Waals surface area contributed by atoms with Gasteiger partial charge in [-0.1, -0.05) is 18.5 Å². The van der Waals surface area contributed by atoms with Crippen LogP contribution in [-0.2, 0) is 30.0 Å². The Balaban J connectivity index is 2.48. The fourth-order valence-electron chi connectivity index (χ4n) is 3.37. The summed E-state index contributed by atoms with van der Waals surface area (Å²) in [5.41, 5.74) is 1.58. The number of benzene rings is 1. The van der Waals surface area contributed by atoms with Crippen molar-refractivity contribution in [3.05, 3.63) is 40.1 Å². The number of aromatic nitrogens is 2. The van der Waals surface area contributed by atoms with Crippen molar-refractivity contribution in [2.45, 2.75) is 38.1 Å². The minimum Gasteiger partial charge on any atom is -0.493 e. The molecule has 0 aliphatic heterocycles. The molecular weight excluding hydrogens is 460 g/mol. The number of hydrogen-bond donors (Lipinski definition) is 1. The van der Waals surface area contributed by atoms with Crippen LogP contribution in [-0.4, -0.2) is 74.1 Å². The molecule has 11 nitrogen and oxygen atoms in total. The second-order valence-corrected chi connectivity index (χ2v) is 10.1. The van der Waals surface area contributed by atoms with Gasteiger partial charge < -0.3 is 15.0 Å². The van der Waals surface area contributed by atoms with Gasteiger partial charge in [-0.2, -0.15) is 14.3 Å². The van der Waals surface area contributed by atoms with E-state index in [1.165, 1.54) is 34.2 Å². The Morgan fingerprint density at radius 3 is 2.50 bits per heavy atom. The molecule has 0 fully saturated rings. The van der Waals surface area contributed by atoms with Gasteiger partial charge in [-0.05, 0) is 45.6 Å². The van der Waals surface area contributed by atoms with Crippen LogP contribution in [0.15, 0.2) is 28.3 Å². The van der Waals surface area contributed by atoms with Gasteiger partial charge in [-0.3, -0.25) is 9.48 Å². The van der Waals surface area contributed by atoms with E-state index >= 15 is 0 Å². The Morgan fingerprint density at radius 2 is 1.91 bits per heavy atom. The van der Waals surface area contributed by atoms with E-state index in [0.717, 1.165) is 6.42 Å². The second kappa shape index (κ2) is 12.0. The van der Waals surface area contributed by atoms with E-state index < -0.39 is 15.9 Å². The number of rotatable bonds is 13. The van der Waals surface area contributed by atoms with Gasteiger partial charge in [-0.25, -0.2) is 8.42 Å². The summed E-state index contributed by atoms with van der Waals surface area (Å²) >= 11 is 0. The summed E-state index contributed by atoms with van der Waals surface area (Å²) in [6.07, 6.45) is 1.37. The number of carbonyl (C=O) groups excluding carboxylic acids is 1. The largest absolute Gasteiger partial charge is 0.493 e. The summed E-state index contributed by atoms with van der Waals surface area (Å²) in [6, 6.07) is 4.22. The SMILES string of the molecule is CCCc1nn(C)c(CN=O)c1NC(=O)c1cc(S(=O)(=O)N(C)CCN(C)C)ccc1OCC.